The van der Waals surface area contributed by atoms with Gasteiger partial charge in [-0.2, -0.15) is 0 Å². The lowest BCUT2D eigenvalue weighted by molar-refractivity contribution is -0.114. The Balaban J connectivity index is 1.68. The molecule has 130 valence electrons. The molecule has 0 fully saturated rings. The zero-order chi connectivity index (χ0) is 17.8. The minimum atomic E-state index is -0.119. The third kappa shape index (κ3) is 4.18. The zero-order valence-electron chi connectivity index (χ0n) is 14.0. The lowest BCUT2D eigenvalue weighted by atomic mass is 10.2. The highest BCUT2D eigenvalue weighted by molar-refractivity contribution is 7.98. The van der Waals surface area contributed by atoms with Crippen LogP contribution in [0.1, 0.15) is 12.6 Å². The summed E-state index contributed by atoms with van der Waals surface area (Å²) in [6.07, 6.45) is 0. The second-order valence-corrected chi connectivity index (χ2v) is 7.01. The van der Waals surface area contributed by atoms with Gasteiger partial charge in [0.2, 0.25) is 5.91 Å². The molecule has 2 heterocycles. The predicted molar refractivity (Wildman–Crippen MR) is 99.0 cm³/mol. The maximum Gasteiger partial charge on any atom is 0.223 e. The van der Waals surface area contributed by atoms with Crippen molar-refractivity contribution in [3.8, 4) is 17.1 Å². The van der Waals surface area contributed by atoms with E-state index in [1.54, 1.807) is 18.9 Å². The number of nitrogens with one attached hydrogen (secondary N) is 1. The normalized spacial score (nSPS) is 10.7. The van der Waals surface area contributed by atoms with Gasteiger partial charge in [0.25, 0.3) is 0 Å². The second kappa shape index (κ2) is 7.66. The number of hydrogen-bond donors (Lipinski definition) is 1. The quantitative estimate of drug-likeness (QED) is 0.666. The number of thiazole rings is 1. The summed E-state index contributed by atoms with van der Waals surface area (Å²) in [5.74, 6) is 2.14. The molecule has 0 radical (unpaired) electrons. The van der Waals surface area contributed by atoms with Crippen molar-refractivity contribution in [2.75, 3.05) is 12.4 Å². The van der Waals surface area contributed by atoms with Gasteiger partial charge in [-0.3, -0.25) is 4.79 Å². The molecule has 25 heavy (non-hydrogen) atoms. The van der Waals surface area contributed by atoms with Gasteiger partial charge in [-0.1, -0.05) is 11.8 Å². The fraction of sp³-hybridized carbons (Fsp3) is 0.250. The average Bonchev–Trinajstić information content (AvgIpc) is 3.19. The first-order valence-corrected chi connectivity index (χ1v) is 9.32. The van der Waals surface area contributed by atoms with Crippen molar-refractivity contribution in [2.45, 2.75) is 17.8 Å². The summed E-state index contributed by atoms with van der Waals surface area (Å²) in [4.78, 5) is 15.4. The smallest absolute Gasteiger partial charge is 0.223 e. The highest BCUT2D eigenvalue weighted by Gasteiger charge is 2.12. The number of hydrogen-bond acceptors (Lipinski definition) is 7. The zero-order valence-corrected chi connectivity index (χ0v) is 15.6. The third-order valence-corrected chi connectivity index (χ3v) is 5.23. The Bertz CT molecular complexity index is 873. The molecule has 9 heteroatoms. The topological polar surface area (TPSA) is 81.9 Å². The molecule has 0 aliphatic carbocycles. The summed E-state index contributed by atoms with van der Waals surface area (Å²) in [6.45, 7) is 1.47. The van der Waals surface area contributed by atoms with E-state index >= 15 is 0 Å². The van der Waals surface area contributed by atoms with Crippen molar-refractivity contribution in [1.29, 1.82) is 0 Å². The summed E-state index contributed by atoms with van der Waals surface area (Å²) in [5, 5.41) is 14.6. The van der Waals surface area contributed by atoms with Crippen LogP contribution in [0.3, 0.4) is 0 Å². The van der Waals surface area contributed by atoms with Crippen LogP contribution < -0.4 is 10.1 Å². The Morgan fingerprint density at radius 2 is 2.08 bits per heavy atom. The van der Waals surface area contributed by atoms with Crippen LogP contribution in [0.2, 0.25) is 0 Å². The van der Waals surface area contributed by atoms with Gasteiger partial charge in [-0.05, 0) is 24.3 Å². The van der Waals surface area contributed by atoms with E-state index in [1.165, 1.54) is 18.3 Å². The van der Waals surface area contributed by atoms with E-state index in [0.29, 0.717) is 10.9 Å². The minimum absolute atomic E-state index is 0.119. The minimum Gasteiger partial charge on any atom is -0.497 e. The maximum atomic E-state index is 11.0. The number of amides is 1. The number of nitrogens with zero attached hydrogens (tertiary/aromatic N) is 4. The number of benzene rings is 1. The fourth-order valence-electron chi connectivity index (χ4n) is 2.15. The van der Waals surface area contributed by atoms with Crippen molar-refractivity contribution in [1.82, 2.24) is 19.7 Å². The predicted octanol–water partition coefficient (Wildman–Crippen LogP) is 3.20. The molecule has 0 saturated carbocycles. The lowest BCUT2D eigenvalue weighted by Crippen LogP contribution is -2.05. The van der Waals surface area contributed by atoms with Gasteiger partial charge < -0.3 is 14.6 Å². The first-order valence-electron chi connectivity index (χ1n) is 7.45. The molecule has 0 aliphatic heterocycles. The molecule has 0 bridgehead atoms. The average molecular weight is 375 g/mol. The molecule has 0 spiro atoms. The van der Waals surface area contributed by atoms with Crippen LogP contribution in [-0.4, -0.2) is 32.8 Å². The molecule has 3 rings (SSSR count). The van der Waals surface area contributed by atoms with Crippen molar-refractivity contribution < 1.29 is 9.53 Å². The van der Waals surface area contributed by atoms with E-state index in [-0.39, 0.29) is 5.91 Å². The Labute approximate surface area is 153 Å². The van der Waals surface area contributed by atoms with Gasteiger partial charge in [0.15, 0.2) is 16.1 Å². The van der Waals surface area contributed by atoms with Crippen molar-refractivity contribution in [2.24, 2.45) is 7.05 Å². The number of rotatable bonds is 6. The number of methoxy groups -OCH3 is 1. The molecule has 1 amide bonds. The van der Waals surface area contributed by atoms with E-state index in [9.17, 15) is 4.79 Å². The van der Waals surface area contributed by atoms with Gasteiger partial charge >= 0.3 is 0 Å². The molecule has 0 aliphatic rings. The van der Waals surface area contributed by atoms with E-state index < -0.39 is 0 Å². The highest BCUT2D eigenvalue weighted by atomic mass is 32.2. The van der Waals surface area contributed by atoms with Gasteiger partial charge in [0, 0.05) is 30.7 Å². The number of aromatic nitrogens is 4. The Morgan fingerprint density at radius 3 is 2.76 bits per heavy atom. The number of ether oxygens (including phenoxy) is 1. The van der Waals surface area contributed by atoms with Crippen molar-refractivity contribution in [3.63, 3.8) is 0 Å². The van der Waals surface area contributed by atoms with Crippen LogP contribution in [0.25, 0.3) is 11.4 Å². The fourth-order valence-corrected chi connectivity index (χ4v) is 3.82. The molecule has 1 aromatic carbocycles. The SMILES string of the molecule is COc1ccc(-c2nnc(SCc3csc(NC(C)=O)n3)n2C)cc1. The van der Waals surface area contributed by atoms with Gasteiger partial charge in [-0.15, -0.1) is 21.5 Å². The van der Waals surface area contributed by atoms with Crippen LogP contribution in [0, 0.1) is 0 Å². The van der Waals surface area contributed by atoms with E-state index in [2.05, 4.69) is 20.5 Å². The molecule has 1 N–H and O–H groups in total. The monoisotopic (exact) mass is 375 g/mol. The van der Waals surface area contributed by atoms with Crippen LogP contribution in [0.15, 0.2) is 34.8 Å². The number of carbonyl (C=O) groups is 1. The van der Waals surface area contributed by atoms with Gasteiger partial charge in [-0.25, -0.2) is 4.98 Å². The third-order valence-electron chi connectivity index (χ3n) is 3.37. The summed E-state index contributed by atoms with van der Waals surface area (Å²) in [7, 11) is 3.58. The molecule has 3 aromatic rings. The standard InChI is InChI=1S/C16H17N5O2S2/c1-10(22)17-15-18-12(8-24-15)9-25-16-20-19-14(21(16)2)11-4-6-13(23-3)7-5-11/h4-8H,9H2,1-3H3,(H,17,18,22). The summed E-state index contributed by atoms with van der Waals surface area (Å²) < 4.78 is 7.13. The van der Waals surface area contributed by atoms with Crippen LogP contribution in [0.5, 0.6) is 5.75 Å². The first-order chi connectivity index (χ1) is 12.1. The summed E-state index contributed by atoms with van der Waals surface area (Å²) in [5.41, 5.74) is 1.87. The Hall–Kier alpha value is -2.39. The van der Waals surface area contributed by atoms with Gasteiger partial charge in [0.05, 0.1) is 12.8 Å². The molecule has 0 unspecified atom stereocenters. The Kier molecular flexibility index (Phi) is 5.34. The molecular formula is C16H17N5O2S2. The summed E-state index contributed by atoms with van der Waals surface area (Å²) in [6, 6.07) is 7.71. The molecular weight excluding hydrogens is 358 g/mol. The number of anilines is 1. The van der Waals surface area contributed by atoms with E-state index in [4.69, 9.17) is 4.74 Å². The van der Waals surface area contributed by atoms with Crippen LogP contribution in [-0.2, 0) is 17.6 Å². The second-order valence-electron chi connectivity index (χ2n) is 5.21. The largest absolute Gasteiger partial charge is 0.497 e. The molecule has 0 atom stereocenters. The van der Waals surface area contributed by atoms with Crippen LogP contribution in [0.4, 0.5) is 5.13 Å². The van der Waals surface area contributed by atoms with E-state index in [0.717, 1.165) is 28.0 Å². The maximum absolute atomic E-state index is 11.0. The summed E-state index contributed by atoms with van der Waals surface area (Å²) >= 11 is 2.96. The highest BCUT2D eigenvalue weighted by Crippen LogP contribution is 2.27. The molecule has 2 aromatic heterocycles. The lowest BCUT2D eigenvalue weighted by Gasteiger charge is -2.04. The van der Waals surface area contributed by atoms with Crippen molar-refractivity contribution >= 4 is 34.1 Å². The first kappa shape index (κ1) is 17.4. The van der Waals surface area contributed by atoms with Crippen molar-refractivity contribution in [3.05, 3.63) is 35.3 Å². The van der Waals surface area contributed by atoms with Crippen LogP contribution >= 0.6 is 23.1 Å². The number of thioether (sulfide) groups is 1. The molecule has 0 saturated heterocycles. The Morgan fingerprint density at radius 1 is 1.32 bits per heavy atom. The molecule has 7 nitrogen and oxygen atoms in total. The number of carbonyl (C=O) groups excluding carboxylic acids is 1. The van der Waals surface area contributed by atoms with E-state index in [1.807, 2.05) is 41.3 Å². The van der Waals surface area contributed by atoms with Gasteiger partial charge in [0.1, 0.15) is 5.75 Å².